The zero-order valence-electron chi connectivity index (χ0n) is 13.5. The van der Waals surface area contributed by atoms with Crippen molar-refractivity contribution in [2.45, 2.75) is 6.92 Å². The van der Waals surface area contributed by atoms with Crippen molar-refractivity contribution >= 4 is 34.5 Å². The van der Waals surface area contributed by atoms with Crippen LogP contribution in [0.4, 0.5) is 5.69 Å². The number of pyridine rings is 1. The molecule has 1 aromatic carbocycles. The monoisotopic (exact) mass is 352 g/mol. The van der Waals surface area contributed by atoms with Crippen molar-refractivity contribution in [1.82, 2.24) is 4.98 Å². The Hall–Kier alpha value is -2.86. The summed E-state index contributed by atoms with van der Waals surface area (Å²) in [6, 6.07) is 12.9. The Kier molecular flexibility index (Phi) is 5.30. The number of aliphatic hydroxyl groups excluding tert-OH is 1. The number of hydrogen-bond acceptors (Lipinski definition) is 6. The van der Waals surface area contributed by atoms with Gasteiger partial charge < -0.3 is 9.84 Å². The largest absolute Gasteiger partial charge is 0.506 e. The van der Waals surface area contributed by atoms with E-state index in [0.29, 0.717) is 15.6 Å². The number of para-hydroxylation sites is 1. The molecule has 0 saturated heterocycles. The maximum Gasteiger partial charge on any atom is 0.344 e. The number of thioether (sulfide) groups is 1. The number of aromatic nitrogens is 1. The van der Waals surface area contributed by atoms with Crippen LogP contribution in [0.2, 0.25) is 0 Å². The van der Waals surface area contributed by atoms with Crippen LogP contribution in [0.1, 0.15) is 12.5 Å². The van der Waals surface area contributed by atoms with Gasteiger partial charge in [-0.15, -0.1) is 0 Å². The lowest BCUT2D eigenvalue weighted by Gasteiger charge is -2.03. The summed E-state index contributed by atoms with van der Waals surface area (Å²) < 4.78 is 5.07. The number of benzene rings is 1. The number of carbonyl (C=O) groups is 1. The second-order valence-corrected chi connectivity index (χ2v) is 6.12. The molecular weight excluding hydrogens is 336 g/mol. The van der Waals surface area contributed by atoms with Gasteiger partial charge in [0.25, 0.3) is 0 Å². The lowest BCUT2D eigenvalue weighted by Crippen LogP contribution is -2.12. The number of nitrogens with zero attached hydrogens (tertiary/aromatic N) is 2. The minimum atomic E-state index is -0.583. The zero-order valence-corrected chi connectivity index (χ0v) is 14.4. The van der Waals surface area contributed by atoms with Gasteiger partial charge in [-0.2, -0.15) is 0 Å². The van der Waals surface area contributed by atoms with Gasteiger partial charge >= 0.3 is 5.97 Å². The molecule has 0 bridgehead atoms. The predicted octanol–water partition coefficient (Wildman–Crippen LogP) is 4.27. The van der Waals surface area contributed by atoms with Gasteiger partial charge in [0.05, 0.1) is 17.2 Å². The molecule has 2 aromatic rings. The Labute approximate surface area is 149 Å². The molecule has 1 N–H and O–H groups in total. The summed E-state index contributed by atoms with van der Waals surface area (Å²) in [5.74, 6) is -0.699. The Morgan fingerprint density at radius 2 is 1.96 bits per heavy atom. The molecule has 0 atom stereocenters. The minimum Gasteiger partial charge on any atom is -0.506 e. The van der Waals surface area contributed by atoms with Crippen molar-refractivity contribution < 1.29 is 14.6 Å². The summed E-state index contributed by atoms with van der Waals surface area (Å²) in [6.45, 7) is 1.95. The topological polar surface area (TPSA) is 71.8 Å². The van der Waals surface area contributed by atoms with E-state index in [4.69, 9.17) is 4.74 Å². The van der Waals surface area contributed by atoms with Crippen LogP contribution in [0.15, 0.2) is 76.1 Å². The number of aliphatic hydroxyl groups is 1. The highest BCUT2D eigenvalue weighted by Crippen LogP contribution is 2.40. The maximum absolute atomic E-state index is 12.3. The average Bonchev–Trinajstić information content (AvgIpc) is 2.92. The van der Waals surface area contributed by atoms with Crippen molar-refractivity contribution in [2.75, 3.05) is 6.61 Å². The van der Waals surface area contributed by atoms with E-state index in [1.807, 2.05) is 42.5 Å². The molecule has 6 heteroatoms. The molecular formula is C19H16N2O3S. The number of rotatable bonds is 4. The maximum atomic E-state index is 12.3. The minimum absolute atomic E-state index is 0.0935. The van der Waals surface area contributed by atoms with E-state index in [1.54, 1.807) is 25.4 Å². The summed E-state index contributed by atoms with van der Waals surface area (Å²) in [6.07, 6.45) is 5.12. The van der Waals surface area contributed by atoms with E-state index in [2.05, 4.69) is 9.98 Å². The molecule has 0 radical (unpaired) electrons. The first kappa shape index (κ1) is 17.0. The fourth-order valence-corrected chi connectivity index (χ4v) is 3.26. The Morgan fingerprint density at radius 3 is 2.64 bits per heavy atom. The molecule has 1 aliphatic heterocycles. The highest BCUT2D eigenvalue weighted by Gasteiger charge is 2.33. The molecule has 5 nitrogen and oxygen atoms in total. The zero-order chi connectivity index (χ0) is 17.6. The van der Waals surface area contributed by atoms with Crippen molar-refractivity contribution in [1.29, 1.82) is 0 Å². The second kappa shape index (κ2) is 7.81. The third kappa shape index (κ3) is 3.97. The van der Waals surface area contributed by atoms with Crippen LogP contribution >= 0.6 is 11.8 Å². The Balaban J connectivity index is 2.03. The smallest absolute Gasteiger partial charge is 0.344 e. The summed E-state index contributed by atoms with van der Waals surface area (Å²) in [5.41, 5.74) is 1.66. The number of aliphatic imine (C=N–C) groups is 1. The van der Waals surface area contributed by atoms with Crippen molar-refractivity contribution in [3.63, 3.8) is 0 Å². The van der Waals surface area contributed by atoms with E-state index in [-0.39, 0.29) is 17.9 Å². The summed E-state index contributed by atoms with van der Waals surface area (Å²) in [4.78, 5) is 21.3. The van der Waals surface area contributed by atoms with Gasteiger partial charge in [0, 0.05) is 12.4 Å². The van der Waals surface area contributed by atoms with Gasteiger partial charge in [-0.05, 0) is 42.8 Å². The Bertz CT molecular complexity index is 859. The molecule has 0 spiro atoms. The third-order valence-corrected chi connectivity index (χ3v) is 4.38. The van der Waals surface area contributed by atoms with Crippen molar-refractivity contribution in [3.05, 3.63) is 76.7 Å². The summed E-state index contributed by atoms with van der Waals surface area (Å²) >= 11 is 1.24. The second-order valence-electron chi connectivity index (χ2n) is 5.09. The molecule has 1 aliphatic rings. The number of carbonyl (C=O) groups excluding carboxylic acids is 1. The van der Waals surface area contributed by atoms with Gasteiger partial charge in [0.1, 0.15) is 16.4 Å². The fourth-order valence-electron chi connectivity index (χ4n) is 2.22. The number of ether oxygens (including phenoxy) is 1. The highest BCUT2D eigenvalue weighted by molar-refractivity contribution is 8.18. The van der Waals surface area contributed by atoms with E-state index in [1.165, 1.54) is 11.8 Å². The SMILES string of the molecule is CCOC(=O)C1=C(O)/C(=C/c2ccncc2)SC1=Nc1ccccc1. The quantitative estimate of drug-likeness (QED) is 0.832. The molecule has 25 heavy (non-hydrogen) atoms. The highest BCUT2D eigenvalue weighted by atomic mass is 32.2. The first-order chi connectivity index (χ1) is 12.2. The molecule has 0 fully saturated rings. The average molecular weight is 352 g/mol. The lowest BCUT2D eigenvalue weighted by atomic mass is 10.2. The molecule has 1 aromatic heterocycles. The summed E-state index contributed by atoms with van der Waals surface area (Å²) in [5, 5.41) is 11.0. The van der Waals surface area contributed by atoms with Gasteiger partial charge in [0.15, 0.2) is 0 Å². The van der Waals surface area contributed by atoms with Crippen LogP contribution in [0, 0.1) is 0 Å². The van der Waals surface area contributed by atoms with E-state index >= 15 is 0 Å². The van der Waals surface area contributed by atoms with Crippen LogP contribution in [0.5, 0.6) is 0 Å². The third-order valence-electron chi connectivity index (χ3n) is 3.36. The molecule has 126 valence electrons. The van der Waals surface area contributed by atoms with Crippen molar-refractivity contribution in [2.24, 2.45) is 4.99 Å². The molecule has 0 aliphatic carbocycles. The van der Waals surface area contributed by atoms with Crippen LogP contribution in [-0.4, -0.2) is 27.7 Å². The number of hydrogen-bond donors (Lipinski definition) is 1. The van der Waals surface area contributed by atoms with E-state index < -0.39 is 5.97 Å². The van der Waals surface area contributed by atoms with Crippen molar-refractivity contribution in [3.8, 4) is 0 Å². The van der Waals surface area contributed by atoms with E-state index in [9.17, 15) is 9.90 Å². The predicted molar refractivity (Wildman–Crippen MR) is 99.6 cm³/mol. The standard InChI is InChI=1S/C19H16N2O3S/c1-2-24-19(23)16-17(22)15(12-13-8-10-20-11-9-13)25-18(16)21-14-6-4-3-5-7-14/h3-12,22H,2H2,1H3/b15-12-,21-18?. The molecule has 0 amide bonds. The molecule has 3 rings (SSSR count). The van der Waals surface area contributed by atoms with Gasteiger partial charge in [0.2, 0.25) is 0 Å². The van der Waals surface area contributed by atoms with E-state index in [0.717, 1.165) is 5.56 Å². The molecule has 0 unspecified atom stereocenters. The first-order valence-corrected chi connectivity index (χ1v) is 8.55. The lowest BCUT2D eigenvalue weighted by molar-refractivity contribution is -0.138. The van der Waals surface area contributed by atoms with Crippen LogP contribution in [-0.2, 0) is 9.53 Å². The summed E-state index contributed by atoms with van der Waals surface area (Å²) in [7, 11) is 0. The van der Waals surface area contributed by atoms with Crippen LogP contribution in [0.3, 0.4) is 0 Å². The van der Waals surface area contributed by atoms with Crippen LogP contribution < -0.4 is 0 Å². The first-order valence-electron chi connectivity index (χ1n) is 7.73. The number of esters is 1. The van der Waals surface area contributed by atoms with Gasteiger partial charge in [-0.1, -0.05) is 30.0 Å². The fraction of sp³-hybridized carbons (Fsp3) is 0.105. The molecule has 0 saturated carbocycles. The normalized spacial score (nSPS) is 17.3. The molecule has 2 heterocycles. The van der Waals surface area contributed by atoms with Crippen LogP contribution in [0.25, 0.3) is 6.08 Å². The Morgan fingerprint density at radius 1 is 1.24 bits per heavy atom. The van der Waals surface area contributed by atoms with Gasteiger partial charge in [-0.3, -0.25) is 4.98 Å². The van der Waals surface area contributed by atoms with Gasteiger partial charge in [-0.25, -0.2) is 9.79 Å².